The molecule has 0 saturated carbocycles. The summed E-state index contributed by atoms with van der Waals surface area (Å²) in [6.07, 6.45) is 3.84. The van der Waals surface area contributed by atoms with E-state index < -0.39 is 6.10 Å². The van der Waals surface area contributed by atoms with Gasteiger partial charge in [0.15, 0.2) is 0 Å². The van der Waals surface area contributed by atoms with Crippen molar-refractivity contribution < 1.29 is 19.4 Å². The van der Waals surface area contributed by atoms with Crippen molar-refractivity contribution in [3.05, 3.63) is 71.8 Å². The van der Waals surface area contributed by atoms with Crippen LogP contribution < -0.4 is 10.1 Å². The predicted molar refractivity (Wildman–Crippen MR) is 120 cm³/mol. The third kappa shape index (κ3) is 7.26. The van der Waals surface area contributed by atoms with Gasteiger partial charge in [-0.2, -0.15) is 0 Å². The van der Waals surface area contributed by atoms with Gasteiger partial charge in [0.2, 0.25) is 11.8 Å². The van der Waals surface area contributed by atoms with Crippen LogP contribution in [0.4, 0.5) is 0 Å². The van der Waals surface area contributed by atoms with Crippen molar-refractivity contribution in [2.45, 2.75) is 25.9 Å². The van der Waals surface area contributed by atoms with E-state index in [4.69, 9.17) is 4.74 Å². The molecule has 1 aliphatic heterocycles. The molecular formula is C25H30N2O4. The Labute approximate surface area is 183 Å². The zero-order valence-corrected chi connectivity index (χ0v) is 17.9. The second kappa shape index (κ2) is 11.3. The predicted octanol–water partition coefficient (Wildman–Crippen LogP) is 2.80. The van der Waals surface area contributed by atoms with E-state index >= 15 is 0 Å². The van der Waals surface area contributed by atoms with Crippen molar-refractivity contribution in [3.8, 4) is 5.75 Å². The molecule has 0 aliphatic carbocycles. The lowest BCUT2D eigenvalue weighted by molar-refractivity contribution is -0.132. The minimum absolute atomic E-state index is 0.0357. The van der Waals surface area contributed by atoms with E-state index in [2.05, 4.69) is 5.32 Å². The summed E-state index contributed by atoms with van der Waals surface area (Å²) in [5.41, 5.74) is 2.07. The van der Waals surface area contributed by atoms with E-state index in [0.29, 0.717) is 31.7 Å². The standard InChI is InChI=1S/C25H30N2O4/c1-19-6-5-9-23(16-19)31-18-22(28)17-26-25(30)21-12-14-27(15-13-21)24(29)11-10-20-7-3-2-4-8-20/h2-11,16,21-22,28H,12-15,17-18H2,1H3,(H,26,30)/b11-10+. The van der Waals surface area contributed by atoms with E-state index in [1.165, 1.54) is 0 Å². The number of benzene rings is 2. The number of nitrogens with zero attached hydrogens (tertiary/aromatic N) is 1. The maximum absolute atomic E-state index is 12.4. The highest BCUT2D eigenvalue weighted by molar-refractivity contribution is 5.92. The Morgan fingerprint density at radius 3 is 2.61 bits per heavy atom. The average molecular weight is 423 g/mol. The number of rotatable bonds is 8. The number of aliphatic hydroxyl groups is 1. The molecule has 6 heteroatoms. The highest BCUT2D eigenvalue weighted by Crippen LogP contribution is 2.18. The van der Waals surface area contributed by atoms with Crippen LogP contribution in [-0.4, -0.2) is 54.2 Å². The number of ether oxygens (including phenoxy) is 1. The molecule has 2 aromatic rings. The van der Waals surface area contributed by atoms with Crippen molar-refractivity contribution in [1.82, 2.24) is 10.2 Å². The molecular weight excluding hydrogens is 392 g/mol. The summed E-state index contributed by atoms with van der Waals surface area (Å²) in [4.78, 5) is 26.6. The molecule has 0 radical (unpaired) electrons. The molecule has 1 aliphatic rings. The molecule has 2 amide bonds. The van der Waals surface area contributed by atoms with Gasteiger partial charge in [0.1, 0.15) is 18.5 Å². The number of piperidine rings is 1. The molecule has 2 N–H and O–H groups in total. The smallest absolute Gasteiger partial charge is 0.246 e. The number of hydrogen-bond acceptors (Lipinski definition) is 4. The van der Waals surface area contributed by atoms with Crippen molar-refractivity contribution >= 4 is 17.9 Å². The van der Waals surface area contributed by atoms with Gasteiger partial charge in [-0.05, 0) is 49.1 Å². The van der Waals surface area contributed by atoms with Gasteiger partial charge in [0.05, 0.1) is 0 Å². The lowest BCUT2D eigenvalue weighted by Gasteiger charge is -2.30. The molecule has 0 bridgehead atoms. The van der Waals surface area contributed by atoms with Gasteiger partial charge < -0.3 is 20.1 Å². The molecule has 31 heavy (non-hydrogen) atoms. The van der Waals surface area contributed by atoms with Gasteiger partial charge in [-0.3, -0.25) is 9.59 Å². The Kier molecular flexibility index (Phi) is 8.24. The van der Waals surface area contributed by atoms with Crippen LogP contribution in [-0.2, 0) is 9.59 Å². The molecule has 1 unspecified atom stereocenters. The molecule has 0 aromatic heterocycles. The van der Waals surface area contributed by atoms with Crippen LogP contribution in [0.1, 0.15) is 24.0 Å². The topological polar surface area (TPSA) is 78.9 Å². The van der Waals surface area contributed by atoms with Gasteiger partial charge >= 0.3 is 0 Å². The maximum Gasteiger partial charge on any atom is 0.246 e. The number of aryl methyl sites for hydroxylation is 1. The summed E-state index contributed by atoms with van der Waals surface area (Å²) in [6.45, 7) is 3.33. The third-order valence-corrected chi connectivity index (χ3v) is 5.34. The first-order valence-electron chi connectivity index (χ1n) is 10.7. The fraction of sp³-hybridized carbons (Fsp3) is 0.360. The Morgan fingerprint density at radius 2 is 1.90 bits per heavy atom. The average Bonchev–Trinajstić information content (AvgIpc) is 2.80. The Bertz CT molecular complexity index is 889. The van der Waals surface area contributed by atoms with Crippen molar-refractivity contribution in [2.24, 2.45) is 5.92 Å². The minimum atomic E-state index is -0.783. The van der Waals surface area contributed by atoms with Crippen LogP contribution in [0.5, 0.6) is 5.75 Å². The molecule has 3 rings (SSSR count). The van der Waals surface area contributed by atoms with E-state index in [-0.39, 0.29) is 30.9 Å². The van der Waals surface area contributed by atoms with E-state index in [9.17, 15) is 14.7 Å². The normalized spacial score (nSPS) is 15.6. The lowest BCUT2D eigenvalue weighted by Crippen LogP contribution is -2.44. The summed E-state index contributed by atoms with van der Waals surface area (Å²) in [5, 5.41) is 12.9. The first kappa shape index (κ1) is 22.6. The number of likely N-dealkylation sites (tertiary alicyclic amines) is 1. The first-order chi connectivity index (χ1) is 15.0. The number of carbonyl (C=O) groups is 2. The Hall–Kier alpha value is -3.12. The fourth-order valence-electron chi connectivity index (χ4n) is 3.52. The van der Waals surface area contributed by atoms with Crippen molar-refractivity contribution in [2.75, 3.05) is 26.2 Å². The highest BCUT2D eigenvalue weighted by atomic mass is 16.5. The maximum atomic E-state index is 12.4. The van der Waals surface area contributed by atoms with E-state index in [1.54, 1.807) is 17.1 Å². The summed E-state index contributed by atoms with van der Waals surface area (Å²) in [6, 6.07) is 17.3. The number of hydrogen-bond donors (Lipinski definition) is 2. The van der Waals surface area contributed by atoms with Gasteiger partial charge in [-0.25, -0.2) is 0 Å². The second-order valence-corrected chi connectivity index (χ2v) is 7.87. The SMILES string of the molecule is Cc1cccc(OCC(O)CNC(=O)C2CCN(C(=O)/C=C/c3ccccc3)CC2)c1. The monoisotopic (exact) mass is 422 g/mol. The Balaban J connectivity index is 1.35. The molecule has 6 nitrogen and oxygen atoms in total. The summed E-state index contributed by atoms with van der Waals surface area (Å²) < 4.78 is 5.57. The Morgan fingerprint density at radius 1 is 1.16 bits per heavy atom. The lowest BCUT2D eigenvalue weighted by atomic mass is 9.95. The molecule has 1 atom stereocenters. The van der Waals surface area contributed by atoms with E-state index in [0.717, 1.165) is 11.1 Å². The van der Waals surface area contributed by atoms with Crippen LogP contribution >= 0.6 is 0 Å². The molecule has 0 spiro atoms. The molecule has 1 saturated heterocycles. The number of carbonyl (C=O) groups excluding carboxylic acids is 2. The zero-order valence-electron chi connectivity index (χ0n) is 17.9. The fourth-order valence-corrected chi connectivity index (χ4v) is 3.52. The van der Waals surface area contributed by atoms with Crippen LogP contribution in [0.2, 0.25) is 0 Å². The molecule has 1 heterocycles. The first-order valence-corrected chi connectivity index (χ1v) is 10.7. The van der Waals surface area contributed by atoms with Gasteiger partial charge in [0, 0.05) is 31.6 Å². The van der Waals surface area contributed by atoms with Crippen molar-refractivity contribution in [3.63, 3.8) is 0 Å². The number of amides is 2. The van der Waals surface area contributed by atoms with Gasteiger partial charge in [0.25, 0.3) is 0 Å². The summed E-state index contributed by atoms with van der Waals surface area (Å²) in [5.74, 6) is 0.434. The van der Waals surface area contributed by atoms with Crippen molar-refractivity contribution in [1.29, 1.82) is 0 Å². The van der Waals surface area contributed by atoms with Crippen LogP contribution in [0.15, 0.2) is 60.7 Å². The molecule has 2 aromatic carbocycles. The molecule has 164 valence electrons. The van der Waals surface area contributed by atoms with Crippen LogP contribution in [0.3, 0.4) is 0 Å². The number of aliphatic hydroxyl groups excluding tert-OH is 1. The van der Waals surface area contributed by atoms with Gasteiger partial charge in [-0.1, -0.05) is 42.5 Å². The second-order valence-electron chi connectivity index (χ2n) is 7.87. The summed E-state index contributed by atoms with van der Waals surface area (Å²) in [7, 11) is 0. The number of nitrogens with one attached hydrogen (secondary N) is 1. The summed E-state index contributed by atoms with van der Waals surface area (Å²) >= 11 is 0. The van der Waals surface area contributed by atoms with Gasteiger partial charge in [-0.15, -0.1) is 0 Å². The minimum Gasteiger partial charge on any atom is -0.491 e. The third-order valence-electron chi connectivity index (χ3n) is 5.34. The van der Waals surface area contributed by atoms with E-state index in [1.807, 2.05) is 61.5 Å². The van der Waals surface area contributed by atoms with Crippen LogP contribution in [0.25, 0.3) is 6.08 Å². The molecule has 1 fully saturated rings. The zero-order chi connectivity index (χ0) is 22.1. The largest absolute Gasteiger partial charge is 0.491 e. The quantitative estimate of drug-likeness (QED) is 0.642. The van der Waals surface area contributed by atoms with Crippen LogP contribution in [0, 0.1) is 12.8 Å². The highest BCUT2D eigenvalue weighted by Gasteiger charge is 2.26.